The van der Waals surface area contributed by atoms with E-state index in [4.69, 9.17) is 4.74 Å². The summed E-state index contributed by atoms with van der Waals surface area (Å²) in [5, 5.41) is 0. The largest absolute Gasteiger partial charge is 0.461 e. The Kier molecular flexibility index (Phi) is 6.05. The number of carbonyl (C=O) groups is 1. The quantitative estimate of drug-likeness (QED) is 0.553. The maximum Gasteiger partial charge on any atom is 0.159 e. The molecular weight excluding hydrogens is 320 g/mol. The molecule has 0 aromatic heterocycles. The number of Topliss-reactive ketones (excluding diaryl/α,β-unsaturated/α-hetero) is 1. The zero-order valence-electron chi connectivity index (χ0n) is 18.0. The van der Waals surface area contributed by atoms with E-state index in [1.807, 2.05) is 0 Å². The molecular formula is C24H36O2. The summed E-state index contributed by atoms with van der Waals surface area (Å²) in [4.78, 5) is 12.3. The van der Waals surface area contributed by atoms with Gasteiger partial charge in [-0.1, -0.05) is 73.4 Å². The van der Waals surface area contributed by atoms with Crippen molar-refractivity contribution in [3.05, 3.63) is 40.2 Å². The van der Waals surface area contributed by atoms with E-state index >= 15 is 0 Å². The van der Waals surface area contributed by atoms with Crippen LogP contribution in [0.3, 0.4) is 0 Å². The van der Waals surface area contributed by atoms with E-state index in [2.05, 4.69) is 60.6 Å². The number of hydrogen-bond acceptors (Lipinski definition) is 2. The van der Waals surface area contributed by atoms with Crippen LogP contribution in [-0.4, -0.2) is 5.78 Å². The molecule has 0 unspecified atom stereocenters. The fourth-order valence-corrected chi connectivity index (χ4v) is 3.46. The highest BCUT2D eigenvalue weighted by molar-refractivity contribution is 5.94. The molecule has 0 aliphatic carbocycles. The van der Waals surface area contributed by atoms with Crippen molar-refractivity contribution in [1.29, 1.82) is 0 Å². The van der Waals surface area contributed by atoms with Gasteiger partial charge in [0.2, 0.25) is 0 Å². The minimum atomic E-state index is -0.00635. The number of hydrogen-bond donors (Lipinski definition) is 0. The fourth-order valence-electron chi connectivity index (χ4n) is 3.46. The summed E-state index contributed by atoms with van der Waals surface area (Å²) >= 11 is 0. The Hall–Kier alpha value is -1.57. The van der Waals surface area contributed by atoms with Crippen molar-refractivity contribution in [2.45, 2.75) is 98.3 Å². The number of unbranched alkanes of at least 4 members (excludes halogenated alkanes) is 2. The summed E-state index contributed by atoms with van der Waals surface area (Å²) in [5.74, 6) is 2.02. The first-order valence-corrected chi connectivity index (χ1v) is 10.0. The summed E-state index contributed by atoms with van der Waals surface area (Å²) < 4.78 is 6.44. The number of ketones is 1. The van der Waals surface area contributed by atoms with Crippen LogP contribution in [0.25, 0.3) is 0 Å². The van der Waals surface area contributed by atoms with Gasteiger partial charge in [-0.3, -0.25) is 4.79 Å². The van der Waals surface area contributed by atoms with Crippen LogP contribution in [-0.2, 0) is 22.0 Å². The lowest BCUT2D eigenvalue weighted by atomic mass is 9.77. The van der Waals surface area contributed by atoms with E-state index < -0.39 is 0 Å². The summed E-state index contributed by atoms with van der Waals surface area (Å²) in [5.41, 5.74) is 4.63. The zero-order chi connectivity index (χ0) is 19.7. The molecule has 26 heavy (non-hydrogen) atoms. The monoisotopic (exact) mass is 356 g/mol. The molecule has 1 aromatic carbocycles. The molecule has 1 heterocycles. The second kappa shape index (κ2) is 7.58. The molecule has 1 aliphatic heterocycles. The van der Waals surface area contributed by atoms with Crippen LogP contribution in [0.2, 0.25) is 0 Å². The van der Waals surface area contributed by atoms with Gasteiger partial charge in [0.25, 0.3) is 0 Å². The van der Waals surface area contributed by atoms with Gasteiger partial charge in [0.15, 0.2) is 5.78 Å². The van der Waals surface area contributed by atoms with Crippen LogP contribution < -0.4 is 4.74 Å². The predicted molar refractivity (Wildman–Crippen MR) is 110 cm³/mol. The van der Waals surface area contributed by atoms with Gasteiger partial charge in [0.1, 0.15) is 11.5 Å². The topological polar surface area (TPSA) is 26.3 Å². The molecule has 0 fully saturated rings. The molecule has 1 aliphatic rings. The van der Waals surface area contributed by atoms with Gasteiger partial charge in [-0.2, -0.15) is 0 Å². The molecule has 2 rings (SSSR count). The Morgan fingerprint density at radius 1 is 1.04 bits per heavy atom. The molecule has 0 bridgehead atoms. The van der Waals surface area contributed by atoms with E-state index in [0.717, 1.165) is 35.5 Å². The van der Waals surface area contributed by atoms with E-state index in [1.54, 1.807) is 6.92 Å². The number of fused-ring (bicyclic) bond motifs is 1. The number of ether oxygens (including phenoxy) is 1. The molecule has 2 nitrogen and oxygen atoms in total. The van der Waals surface area contributed by atoms with Gasteiger partial charge in [0.05, 0.1) is 0 Å². The van der Waals surface area contributed by atoms with Gasteiger partial charge in [0, 0.05) is 24.0 Å². The first-order valence-electron chi connectivity index (χ1n) is 10.0. The van der Waals surface area contributed by atoms with Crippen LogP contribution >= 0.6 is 0 Å². The first kappa shape index (κ1) is 20.7. The van der Waals surface area contributed by atoms with Crippen LogP contribution in [0.1, 0.15) is 97.8 Å². The van der Waals surface area contributed by atoms with Crippen molar-refractivity contribution in [3.8, 4) is 5.75 Å². The summed E-state index contributed by atoms with van der Waals surface area (Å²) in [6.45, 7) is 17.3. The van der Waals surface area contributed by atoms with Crippen molar-refractivity contribution in [1.82, 2.24) is 0 Å². The average Bonchev–Trinajstić information content (AvgIpc) is 2.51. The highest BCUT2D eigenvalue weighted by Gasteiger charge is 2.30. The third-order valence-electron chi connectivity index (χ3n) is 5.20. The third-order valence-corrected chi connectivity index (χ3v) is 5.20. The Balaban J connectivity index is 2.56. The van der Waals surface area contributed by atoms with Gasteiger partial charge in [-0.25, -0.2) is 0 Å². The van der Waals surface area contributed by atoms with Crippen LogP contribution in [0.4, 0.5) is 0 Å². The molecule has 0 saturated heterocycles. The van der Waals surface area contributed by atoms with Crippen molar-refractivity contribution in [2.75, 3.05) is 0 Å². The van der Waals surface area contributed by atoms with E-state index in [9.17, 15) is 4.79 Å². The van der Waals surface area contributed by atoms with Crippen LogP contribution in [0, 0.1) is 0 Å². The lowest BCUT2D eigenvalue weighted by Crippen LogP contribution is -2.23. The average molecular weight is 357 g/mol. The highest BCUT2D eigenvalue weighted by atomic mass is 16.5. The lowest BCUT2D eigenvalue weighted by Gasteiger charge is -2.32. The Morgan fingerprint density at radius 2 is 1.69 bits per heavy atom. The van der Waals surface area contributed by atoms with Crippen LogP contribution in [0.5, 0.6) is 5.75 Å². The lowest BCUT2D eigenvalue weighted by molar-refractivity contribution is -0.113. The Bertz CT molecular complexity index is 709. The standard InChI is InChI=1S/C24H36O2/c1-9-10-11-12-21-19(16(2)25)14-17-13-18(23(3,4)5)15-20(22(17)26-21)24(6,7)8/h13,15H,9-12,14H2,1-8H3. The third kappa shape index (κ3) is 4.58. The Labute approximate surface area is 160 Å². The second-order valence-corrected chi connectivity index (χ2v) is 9.71. The first-order chi connectivity index (χ1) is 11.9. The SMILES string of the molecule is CCCCCC1=C(C(C)=O)Cc2cc(C(C)(C)C)cc(C(C)(C)C)c2O1. The summed E-state index contributed by atoms with van der Waals surface area (Å²) in [6.07, 6.45) is 4.95. The van der Waals surface area contributed by atoms with Crippen molar-refractivity contribution in [2.24, 2.45) is 0 Å². The highest BCUT2D eigenvalue weighted by Crippen LogP contribution is 2.43. The maximum atomic E-state index is 12.3. The molecule has 1 aromatic rings. The molecule has 144 valence electrons. The normalized spacial score (nSPS) is 14.9. The number of carbonyl (C=O) groups excluding carboxylic acids is 1. The van der Waals surface area contributed by atoms with E-state index in [0.29, 0.717) is 6.42 Å². The molecule has 2 heteroatoms. The zero-order valence-corrected chi connectivity index (χ0v) is 18.0. The van der Waals surface area contributed by atoms with Gasteiger partial charge in [-0.05, 0) is 35.3 Å². The van der Waals surface area contributed by atoms with E-state index in [1.165, 1.54) is 24.0 Å². The fraction of sp³-hybridized carbons (Fsp3) is 0.625. The molecule has 0 spiro atoms. The van der Waals surface area contributed by atoms with Gasteiger partial charge in [-0.15, -0.1) is 0 Å². The minimum Gasteiger partial charge on any atom is -0.461 e. The van der Waals surface area contributed by atoms with E-state index in [-0.39, 0.29) is 16.6 Å². The van der Waals surface area contributed by atoms with Crippen LogP contribution in [0.15, 0.2) is 23.5 Å². The maximum absolute atomic E-state index is 12.3. The summed E-state index contributed by atoms with van der Waals surface area (Å²) in [7, 11) is 0. The second-order valence-electron chi connectivity index (χ2n) is 9.71. The molecule has 0 atom stereocenters. The van der Waals surface area contributed by atoms with Gasteiger partial charge >= 0.3 is 0 Å². The van der Waals surface area contributed by atoms with Crippen molar-refractivity contribution in [3.63, 3.8) is 0 Å². The smallest absolute Gasteiger partial charge is 0.159 e. The molecule has 0 radical (unpaired) electrons. The van der Waals surface area contributed by atoms with Crippen molar-refractivity contribution >= 4 is 5.78 Å². The predicted octanol–water partition coefficient (Wildman–Crippen LogP) is 6.64. The van der Waals surface area contributed by atoms with Crippen molar-refractivity contribution < 1.29 is 9.53 Å². The molecule has 0 amide bonds. The molecule has 0 N–H and O–H groups in total. The number of benzene rings is 1. The summed E-state index contributed by atoms with van der Waals surface area (Å²) in [6, 6.07) is 4.55. The number of allylic oxidation sites excluding steroid dienone is 2. The van der Waals surface area contributed by atoms with Gasteiger partial charge < -0.3 is 4.74 Å². The number of rotatable bonds is 5. The Morgan fingerprint density at radius 3 is 2.19 bits per heavy atom. The minimum absolute atomic E-state index is 0.00635. The molecule has 0 saturated carbocycles.